The summed E-state index contributed by atoms with van der Waals surface area (Å²) in [6.45, 7) is 6.35. The molecule has 0 saturated carbocycles. The molecule has 0 aromatic heterocycles. The van der Waals surface area contributed by atoms with Gasteiger partial charge in [0.1, 0.15) is 0 Å². The summed E-state index contributed by atoms with van der Waals surface area (Å²) in [5.74, 6) is -1.59. The van der Waals surface area contributed by atoms with E-state index in [0.29, 0.717) is 12.8 Å². The third-order valence-corrected chi connectivity index (χ3v) is 4.83. The van der Waals surface area contributed by atoms with Crippen molar-refractivity contribution in [2.75, 3.05) is 12.3 Å². The summed E-state index contributed by atoms with van der Waals surface area (Å²) in [6.07, 6.45) is 0.815. The van der Waals surface area contributed by atoms with Gasteiger partial charge in [0.25, 0.3) is 0 Å². The summed E-state index contributed by atoms with van der Waals surface area (Å²) in [7, 11) is -3.48. The zero-order chi connectivity index (χ0) is 16.0. The van der Waals surface area contributed by atoms with Crippen molar-refractivity contribution in [3.05, 3.63) is 0 Å². The van der Waals surface area contributed by atoms with E-state index in [-0.39, 0.29) is 12.3 Å². The lowest BCUT2D eigenvalue weighted by atomic mass is 9.87. The van der Waals surface area contributed by atoms with Gasteiger partial charge in [0.05, 0.1) is 17.2 Å². The molecule has 2 atom stereocenters. The summed E-state index contributed by atoms with van der Waals surface area (Å²) < 4.78 is 25.3. The Morgan fingerprint density at radius 3 is 2.25 bits per heavy atom. The number of nitrogens with one attached hydrogen (secondary N) is 2. The highest BCUT2D eigenvalue weighted by Gasteiger charge is 2.32. The molecule has 20 heavy (non-hydrogen) atoms. The Morgan fingerprint density at radius 1 is 1.30 bits per heavy atom. The maximum absolute atomic E-state index is 11.8. The third-order valence-electron chi connectivity index (χ3n) is 3.17. The van der Waals surface area contributed by atoms with E-state index in [4.69, 9.17) is 5.11 Å². The van der Waals surface area contributed by atoms with Gasteiger partial charge in [0.2, 0.25) is 15.9 Å². The van der Waals surface area contributed by atoms with Crippen LogP contribution in [-0.4, -0.2) is 43.7 Å². The molecule has 0 aromatic carbocycles. The van der Waals surface area contributed by atoms with Gasteiger partial charge in [-0.25, -0.2) is 13.1 Å². The number of carboxylic acids is 1. The standard InChI is InChI=1S/C12H24N2O5S/c1-5-7-20(18,19)14-9(3)10(15)13-8-12(4,6-2)11(16)17/h9,14H,5-8H2,1-4H3,(H,13,15)(H,16,17). The number of hydrogen-bond donors (Lipinski definition) is 3. The molecule has 0 heterocycles. The molecular formula is C12H24N2O5S. The van der Waals surface area contributed by atoms with Gasteiger partial charge in [-0.1, -0.05) is 13.8 Å². The summed E-state index contributed by atoms with van der Waals surface area (Å²) in [4.78, 5) is 22.9. The van der Waals surface area contributed by atoms with E-state index in [2.05, 4.69) is 10.0 Å². The maximum atomic E-state index is 11.8. The Kier molecular flexibility index (Phi) is 7.15. The fourth-order valence-corrected chi connectivity index (χ4v) is 2.74. The lowest BCUT2D eigenvalue weighted by molar-refractivity contribution is -0.148. The van der Waals surface area contributed by atoms with Crippen LogP contribution in [0.2, 0.25) is 0 Å². The average Bonchev–Trinajstić information content (AvgIpc) is 2.34. The van der Waals surface area contributed by atoms with Crippen molar-refractivity contribution in [2.24, 2.45) is 5.41 Å². The first-order valence-electron chi connectivity index (χ1n) is 6.59. The number of rotatable bonds is 9. The van der Waals surface area contributed by atoms with E-state index in [1.807, 2.05) is 0 Å². The maximum Gasteiger partial charge on any atom is 0.311 e. The molecule has 0 aliphatic heterocycles. The SMILES string of the molecule is CCCS(=O)(=O)NC(C)C(=O)NCC(C)(CC)C(=O)O. The Balaban J connectivity index is 4.52. The van der Waals surface area contributed by atoms with Crippen LogP contribution < -0.4 is 10.0 Å². The number of amides is 1. The minimum absolute atomic E-state index is 0.0441. The van der Waals surface area contributed by atoms with Crippen molar-refractivity contribution < 1.29 is 23.1 Å². The topological polar surface area (TPSA) is 113 Å². The first-order chi connectivity index (χ1) is 9.08. The van der Waals surface area contributed by atoms with E-state index in [9.17, 15) is 18.0 Å². The second kappa shape index (κ2) is 7.58. The normalized spacial score (nSPS) is 16.2. The molecule has 0 aliphatic carbocycles. The van der Waals surface area contributed by atoms with E-state index < -0.39 is 33.4 Å². The second-order valence-corrected chi connectivity index (χ2v) is 6.97. The predicted octanol–water partition coefficient (Wildman–Crippen LogP) is 0.321. The number of hydrogen-bond acceptors (Lipinski definition) is 4. The predicted molar refractivity (Wildman–Crippen MR) is 75.7 cm³/mol. The second-order valence-electron chi connectivity index (χ2n) is 5.10. The lowest BCUT2D eigenvalue weighted by Crippen LogP contribution is -2.49. The zero-order valence-corrected chi connectivity index (χ0v) is 13.2. The van der Waals surface area contributed by atoms with Crippen LogP contribution >= 0.6 is 0 Å². The molecule has 0 bridgehead atoms. The van der Waals surface area contributed by atoms with Crippen molar-refractivity contribution in [3.63, 3.8) is 0 Å². The number of carbonyl (C=O) groups is 2. The Labute approximate surface area is 120 Å². The third kappa shape index (κ3) is 5.87. The molecule has 2 unspecified atom stereocenters. The van der Waals surface area contributed by atoms with E-state index >= 15 is 0 Å². The number of sulfonamides is 1. The van der Waals surface area contributed by atoms with Gasteiger partial charge in [-0.3, -0.25) is 9.59 Å². The van der Waals surface area contributed by atoms with Crippen LogP contribution in [0.4, 0.5) is 0 Å². The summed E-state index contributed by atoms with van der Waals surface area (Å²) in [6, 6.07) is -0.929. The Hall–Kier alpha value is -1.15. The van der Waals surface area contributed by atoms with E-state index in [1.54, 1.807) is 13.8 Å². The van der Waals surface area contributed by atoms with Crippen LogP contribution in [0.3, 0.4) is 0 Å². The molecule has 118 valence electrons. The van der Waals surface area contributed by atoms with Crippen LogP contribution in [0.5, 0.6) is 0 Å². The Bertz CT molecular complexity index is 449. The summed E-state index contributed by atoms with van der Waals surface area (Å²) >= 11 is 0. The van der Waals surface area contributed by atoms with Crippen LogP contribution in [0.15, 0.2) is 0 Å². The molecule has 0 aromatic rings. The van der Waals surface area contributed by atoms with Gasteiger partial charge in [0, 0.05) is 6.54 Å². The van der Waals surface area contributed by atoms with Gasteiger partial charge in [-0.2, -0.15) is 0 Å². The molecule has 0 fully saturated rings. The molecule has 8 heteroatoms. The molecule has 3 N–H and O–H groups in total. The monoisotopic (exact) mass is 308 g/mol. The summed E-state index contributed by atoms with van der Waals surface area (Å²) in [5, 5.41) is 11.6. The van der Waals surface area contributed by atoms with Gasteiger partial charge in [-0.15, -0.1) is 0 Å². The van der Waals surface area contributed by atoms with Gasteiger partial charge < -0.3 is 10.4 Å². The van der Waals surface area contributed by atoms with Crippen molar-refractivity contribution >= 4 is 21.9 Å². The molecular weight excluding hydrogens is 284 g/mol. The number of carboxylic acid groups (broad SMARTS) is 1. The van der Waals surface area contributed by atoms with E-state index in [1.165, 1.54) is 13.8 Å². The smallest absolute Gasteiger partial charge is 0.311 e. The molecule has 1 amide bonds. The molecule has 0 saturated heterocycles. The quantitative estimate of drug-likeness (QED) is 0.568. The molecule has 0 radical (unpaired) electrons. The van der Waals surface area contributed by atoms with E-state index in [0.717, 1.165) is 0 Å². The molecule has 7 nitrogen and oxygen atoms in total. The Morgan fingerprint density at radius 2 is 1.85 bits per heavy atom. The fraction of sp³-hybridized carbons (Fsp3) is 0.833. The van der Waals surface area contributed by atoms with Crippen LogP contribution in [0.25, 0.3) is 0 Å². The lowest BCUT2D eigenvalue weighted by Gasteiger charge is -2.24. The highest BCUT2D eigenvalue weighted by Crippen LogP contribution is 2.19. The average molecular weight is 308 g/mol. The van der Waals surface area contributed by atoms with Crippen molar-refractivity contribution in [3.8, 4) is 0 Å². The minimum Gasteiger partial charge on any atom is -0.481 e. The highest BCUT2D eigenvalue weighted by molar-refractivity contribution is 7.89. The largest absolute Gasteiger partial charge is 0.481 e. The van der Waals surface area contributed by atoms with Gasteiger partial charge in [0.15, 0.2) is 0 Å². The fourth-order valence-electron chi connectivity index (χ4n) is 1.44. The molecule has 0 rings (SSSR count). The van der Waals surface area contributed by atoms with Gasteiger partial charge >= 0.3 is 5.97 Å². The van der Waals surface area contributed by atoms with Crippen LogP contribution in [-0.2, 0) is 19.6 Å². The van der Waals surface area contributed by atoms with Gasteiger partial charge in [-0.05, 0) is 26.7 Å². The molecule has 0 spiro atoms. The highest BCUT2D eigenvalue weighted by atomic mass is 32.2. The summed E-state index contributed by atoms with van der Waals surface area (Å²) in [5.41, 5.74) is -1.06. The first kappa shape index (κ1) is 18.9. The number of aliphatic carboxylic acids is 1. The van der Waals surface area contributed by atoms with Crippen LogP contribution in [0, 0.1) is 5.41 Å². The zero-order valence-electron chi connectivity index (χ0n) is 12.4. The first-order valence-corrected chi connectivity index (χ1v) is 8.24. The van der Waals surface area contributed by atoms with Crippen molar-refractivity contribution in [1.82, 2.24) is 10.0 Å². The van der Waals surface area contributed by atoms with Crippen molar-refractivity contribution in [2.45, 2.75) is 46.6 Å². The van der Waals surface area contributed by atoms with Crippen LogP contribution in [0.1, 0.15) is 40.5 Å². The number of carbonyl (C=O) groups excluding carboxylic acids is 1. The van der Waals surface area contributed by atoms with Crippen molar-refractivity contribution in [1.29, 1.82) is 0 Å². The molecule has 0 aliphatic rings. The minimum atomic E-state index is -3.48.